The second-order valence-corrected chi connectivity index (χ2v) is 5.39. The Morgan fingerprint density at radius 3 is 2.43 bits per heavy atom. The smallest absolute Gasteiger partial charge is 0.416 e. The lowest BCUT2D eigenvalue weighted by Gasteiger charge is -2.08. The quantitative estimate of drug-likeness (QED) is 0.628. The highest BCUT2D eigenvalue weighted by Gasteiger charge is 2.30. The van der Waals surface area contributed by atoms with Gasteiger partial charge in [0.05, 0.1) is 30.3 Å². The molecule has 0 aliphatic carbocycles. The summed E-state index contributed by atoms with van der Waals surface area (Å²) >= 11 is 0. The molecule has 0 bridgehead atoms. The Morgan fingerprint density at radius 2 is 1.75 bits per heavy atom. The molecule has 0 saturated heterocycles. The molecule has 2 aromatic carbocycles. The summed E-state index contributed by atoms with van der Waals surface area (Å²) in [6.07, 6.45) is -4.45. The van der Waals surface area contributed by atoms with Gasteiger partial charge in [0.15, 0.2) is 0 Å². The number of halogens is 3. The van der Waals surface area contributed by atoms with Crippen LogP contribution in [0.4, 0.5) is 13.2 Å². The Kier molecular flexibility index (Phi) is 7.04. The zero-order chi connectivity index (χ0) is 20.6. The number of esters is 1. The van der Waals surface area contributed by atoms with Gasteiger partial charge < -0.3 is 14.8 Å². The normalized spacial score (nSPS) is 10.4. The topological polar surface area (TPSA) is 64.6 Å². The molecule has 2 aromatic rings. The zero-order valence-electron chi connectivity index (χ0n) is 14.8. The lowest BCUT2D eigenvalue weighted by Crippen LogP contribution is -2.25. The molecule has 0 unspecified atom stereocenters. The second-order valence-electron chi connectivity index (χ2n) is 5.39. The van der Waals surface area contributed by atoms with Crippen LogP contribution in [0.25, 0.3) is 0 Å². The average Bonchev–Trinajstić information content (AvgIpc) is 2.69. The molecule has 0 aliphatic rings. The molecular formula is C20H16F3NO4. The van der Waals surface area contributed by atoms with Crippen LogP contribution in [0, 0.1) is 11.8 Å². The third kappa shape index (κ3) is 5.77. The molecule has 0 aromatic heterocycles. The maximum Gasteiger partial charge on any atom is 0.416 e. The van der Waals surface area contributed by atoms with Gasteiger partial charge in [0.25, 0.3) is 5.91 Å². The number of carbonyl (C=O) groups excluding carboxylic acids is 2. The van der Waals surface area contributed by atoms with E-state index in [1.54, 1.807) is 12.1 Å². The third-order valence-electron chi connectivity index (χ3n) is 3.51. The van der Waals surface area contributed by atoms with Gasteiger partial charge in [-0.1, -0.05) is 30.0 Å². The fourth-order valence-electron chi connectivity index (χ4n) is 2.18. The number of amides is 1. The predicted octanol–water partition coefficient (Wildman–Crippen LogP) is 3.30. The van der Waals surface area contributed by atoms with Crippen molar-refractivity contribution in [3.63, 3.8) is 0 Å². The van der Waals surface area contributed by atoms with E-state index in [4.69, 9.17) is 4.74 Å². The Hall–Kier alpha value is -3.47. The van der Waals surface area contributed by atoms with Gasteiger partial charge >= 0.3 is 12.1 Å². The van der Waals surface area contributed by atoms with Crippen molar-refractivity contribution in [2.45, 2.75) is 6.18 Å². The zero-order valence-corrected chi connectivity index (χ0v) is 14.8. The van der Waals surface area contributed by atoms with Gasteiger partial charge in [0.1, 0.15) is 12.4 Å². The fourth-order valence-corrected chi connectivity index (χ4v) is 2.18. The van der Waals surface area contributed by atoms with E-state index in [0.29, 0.717) is 0 Å². The van der Waals surface area contributed by atoms with Crippen molar-refractivity contribution in [1.29, 1.82) is 0 Å². The number of carbonyl (C=O) groups is 2. The van der Waals surface area contributed by atoms with Crippen molar-refractivity contribution in [2.75, 3.05) is 20.3 Å². The first-order chi connectivity index (χ1) is 13.3. The van der Waals surface area contributed by atoms with Gasteiger partial charge in [0.2, 0.25) is 0 Å². The second kappa shape index (κ2) is 9.46. The van der Waals surface area contributed by atoms with Gasteiger partial charge in [-0.2, -0.15) is 13.2 Å². The SMILES string of the molecule is COC(=O)c1ccccc1C(=O)NCC#CCOc1cccc(C(F)(F)F)c1. The number of methoxy groups -OCH3 is 1. The highest BCUT2D eigenvalue weighted by atomic mass is 19.4. The number of alkyl halides is 3. The van der Waals surface area contributed by atoms with E-state index in [9.17, 15) is 22.8 Å². The molecule has 0 fully saturated rings. The van der Waals surface area contributed by atoms with Crippen LogP contribution in [0.5, 0.6) is 5.75 Å². The van der Waals surface area contributed by atoms with Crippen molar-refractivity contribution in [2.24, 2.45) is 0 Å². The molecular weight excluding hydrogens is 375 g/mol. The maximum absolute atomic E-state index is 12.6. The van der Waals surface area contributed by atoms with Crippen LogP contribution in [0.3, 0.4) is 0 Å². The van der Waals surface area contributed by atoms with Crippen molar-refractivity contribution in [3.05, 3.63) is 65.2 Å². The fraction of sp³-hybridized carbons (Fsp3) is 0.200. The summed E-state index contributed by atoms with van der Waals surface area (Å²) in [7, 11) is 1.22. The first-order valence-corrected chi connectivity index (χ1v) is 8.04. The van der Waals surface area contributed by atoms with Gasteiger partial charge in [-0.05, 0) is 30.3 Å². The lowest BCUT2D eigenvalue weighted by molar-refractivity contribution is -0.137. The summed E-state index contributed by atoms with van der Waals surface area (Å²) in [5.41, 5.74) is -0.533. The Bertz CT molecular complexity index is 913. The van der Waals surface area contributed by atoms with E-state index < -0.39 is 23.6 Å². The monoisotopic (exact) mass is 391 g/mol. The number of hydrogen-bond acceptors (Lipinski definition) is 4. The van der Waals surface area contributed by atoms with Crippen LogP contribution in [0.15, 0.2) is 48.5 Å². The average molecular weight is 391 g/mol. The van der Waals surface area contributed by atoms with E-state index in [1.165, 1.54) is 31.4 Å². The number of benzene rings is 2. The minimum atomic E-state index is -4.45. The largest absolute Gasteiger partial charge is 0.481 e. The van der Waals surface area contributed by atoms with Crippen LogP contribution in [-0.2, 0) is 10.9 Å². The standard InChI is InChI=1S/C20H16F3NO4/c1-27-19(26)17-10-3-2-9-16(17)18(25)24-11-4-5-12-28-15-8-6-7-14(13-15)20(21,22)23/h2-3,6-10,13H,11-12H2,1H3,(H,24,25). The van der Waals surface area contributed by atoms with Gasteiger partial charge in [0, 0.05) is 0 Å². The number of nitrogens with one attached hydrogen (secondary N) is 1. The molecule has 8 heteroatoms. The first-order valence-electron chi connectivity index (χ1n) is 8.04. The Morgan fingerprint density at radius 1 is 1.04 bits per heavy atom. The van der Waals surface area contributed by atoms with Crippen molar-refractivity contribution in [3.8, 4) is 17.6 Å². The number of ether oxygens (including phenoxy) is 2. The van der Waals surface area contributed by atoms with E-state index in [1.807, 2.05) is 0 Å². The summed E-state index contributed by atoms with van der Waals surface area (Å²) in [5, 5.41) is 2.52. The molecule has 5 nitrogen and oxygen atoms in total. The molecule has 0 radical (unpaired) electrons. The molecule has 0 saturated carbocycles. The van der Waals surface area contributed by atoms with Crippen LogP contribution in [0.1, 0.15) is 26.3 Å². The molecule has 0 atom stereocenters. The summed E-state index contributed by atoms with van der Waals surface area (Å²) in [5.74, 6) is 4.11. The summed E-state index contributed by atoms with van der Waals surface area (Å²) < 4.78 is 47.6. The first kappa shape index (κ1) is 20.8. The van der Waals surface area contributed by atoms with Crippen molar-refractivity contribution < 1.29 is 32.2 Å². The maximum atomic E-state index is 12.6. The molecule has 1 N–H and O–H groups in total. The molecule has 0 heterocycles. The molecule has 28 heavy (non-hydrogen) atoms. The van der Waals surface area contributed by atoms with E-state index in [-0.39, 0.29) is 30.0 Å². The molecule has 1 amide bonds. The molecule has 0 spiro atoms. The number of rotatable bonds is 5. The predicted molar refractivity (Wildman–Crippen MR) is 94.8 cm³/mol. The summed E-state index contributed by atoms with van der Waals surface area (Å²) in [4.78, 5) is 23.8. The van der Waals surface area contributed by atoms with Crippen LogP contribution in [0.2, 0.25) is 0 Å². The molecule has 0 aliphatic heterocycles. The lowest BCUT2D eigenvalue weighted by atomic mass is 10.1. The van der Waals surface area contributed by atoms with Crippen LogP contribution >= 0.6 is 0 Å². The van der Waals surface area contributed by atoms with Crippen molar-refractivity contribution >= 4 is 11.9 Å². The van der Waals surface area contributed by atoms with E-state index in [2.05, 4.69) is 21.9 Å². The van der Waals surface area contributed by atoms with Crippen LogP contribution < -0.4 is 10.1 Å². The molecule has 2 rings (SSSR count). The van der Waals surface area contributed by atoms with Crippen molar-refractivity contribution in [1.82, 2.24) is 5.32 Å². The van der Waals surface area contributed by atoms with Gasteiger partial charge in [-0.15, -0.1) is 0 Å². The summed E-state index contributed by atoms with van der Waals surface area (Å²) in [6, 6.07) is 10.6. The third-order valence-corrected chi connectivity index (χ3v) is 3.51. The highest BCUT2D eigenvalue weighted by molar-refractivity contribution is 6.05. The number of hydrogen-bond donors (Lipinski definition) is 1. The highest BCUT2D eigenvalue weighted by Crippen LogP contribution is 2.31. The van der Waals surface area contributed by atoms with E-state index in [0.717, 1.165) is 12.1 Å². The summed E-state index contributed by atoms with van der Waals surface area (Å²) in [6.45, 7) is -0.170. The minimum absolute atomic E-state index is 0.0275. The van der Waals surface area contributed by atoms with Gasteiger partial charge in [-0.25, -0.2) is 4.79 Å². The Balaban J connectivity index is 1.87. The van der Waals surface area contributed by atoms with E-state index >= 15 is 0 Å². The minimum Gasteiger partial charge on any atom is -0.481 e. The van der Waals surface area contributed by atoms with Crippen LogP contribution in [-0.4, -0.2) is 32.1 Å². The Labute approximate surface area is 159 Å². The van der Waals surface area contributed by atoms with Gasteiger partial charge in [-0.3, -0.25) is 4.79 Å². The molecule has 146 valence electrons.